The van der Waals surface area contributed by atoms with E-state index in [-0.39, 0.29) is 6.54 Å². The summed E-state index contributed by atoms with van der Waals surface area (Å²) >= 11 is 0. The molecule has 8 heavy (non-hydrogen) atoms. The maximum atomic E-state index is 11.4. The zero-order chi connectivity index (χ0) is 6.62. The second-order valence-corrected chi connectivity index (χ2v) is 2.24. The molecule has 0 saturated carbocycles. The quantitative estimate of drug-likeness (QED) is 0.441. The summed E-state index contributed by atoms with van der Waals surface area (Å²) in [6.07, 6.45) is 1.25. The first kappa shape index (κ1) is 7.58. The largest absolute Gasteiger partial charge is 0.372 e. The van der Waals surface area contributed by atoms with Gasteiger partial charge in [-0.15, -0.1) is 6.58 Å². The van der Waals surface area contributed by atoms with E-state index in [1.165, 1.54) is 6.08 Å². The molecule has 3 nitrogen and oxygen atoms in total. The Labute approximate surface area is 47.6 Å². The summed E-state index contributed by atoms with van der Waals surface area (Å²) < 4.78 is 32.1. The van der Waals surface area contributed by atoms with E-state index in [1.54, 1.807) is 4.72 Å². The Kier molecular flexibility index (Phi) is 2.64. The second-order valence-electron chi connectivity index (χ2n) is 1.07. The highest BCUT2D eigenvalue weighted by Gasteiger charge is 2.00. The molecule has 0 aromatic heterocycles. The van der Waals surface area contributed by atoms with Crippen molar-refractivity contribution in [3.8, 4) is 0 Å². The monoisotopic (exact) mass is 139 g/mol. The number of halogens is 1. The molecule has 0 radical (unpaired) electrons. The van der Waals surface area contributed by atoms with E-state index in [0.717, 1.165) is 0 Å². The van der Waals surface area contributed by atoms with Gasteiger partial charge in [-0.25, -0.2) is 0 Å². The predicted octanol–water partition coefficient (Wildman–Crippen LogP) is -0.0237. The first-order chi connectivity index (χ1) is 3.56. The van der Waals surface area contributed by atoms with Gasteiger partial charge in [0.05, 0.1) is 0 Å². The summed E-state index contributed by atoms with van der Waals surface area (Å²) in [4.78, 5) is 0. The van der Waals surface area contributed by atoms with Crippen LogP contribution in [0.5, 0.6) is 0 Å². The Morgan fingerprint density at radius 3 is 2.38 bits per heavy atom. The van der Waals surface area contributed by atoms with Gasteiger partial charge in [-0.2, -0.15) is 13.1 Å². The summed E-state index contributed by atoms with van der Waals surface area (Å²) in [6, 6.07) is 0. The van der Waals surface area contributed by atoms with Crippen LogP contribution < -0.4 is 4.72 Å². The van der Waals surface area contributed by atoms with E-state index in [4.69, 9.17) is 0 Å². The van der Waals surface area contributed by atoms with Gasteiger partial charge in [-0.05, 0) is 0 Å². The fourth-order valence-corrected chi connectivity index (χ4v) is 0.475. The van der Waals surface area contributed by atoms with Gasteiger partial charge < -0.3 is 0 Å². The van der Waals surface area contributed by atoms with E-state index >= 15 is 0 Å². The van der Waals surface area contributed by atoms with Crippen molar-refractivity contribution in [2.24, 2.45) is 0 Å². The van der Waals surface area contributed by atoms with Crippen LogP contribution in [0.15, 0.2) is 12.7 Å². The van der Waals surface area contributed by atoms with Crippen LogP contribution in [0.1, 0.15) is 0 Å². The minimum atomic E-state index is -4.51. The van der Waals surface area contributed by atoms with Gasteiger partial charge >= 0.3 is 10.4 Å². The summed E-state index contributed by atoms with van der Waals surface area (Å²) in [6.45, 7) is 3.10. The molecule has 0 bridgehead atoms. The third kappa shape index (κ3) is 5.58. The highest BCUT2D eigenvalue weighted by Crippen LogP contribution is 1.79. The van der Waals surface area contributed by atoms with Crippen molar-refractivity contribution in [3.63, 3.8) is 0 Å². The summed E-state index contributed by atoms with van der Waals surface area (Å²) in [7, 11) is -4.51. The second kappa shape index (κ2) is 2.78. The van der Waals surface area contributed by atoms with Crippen molar-refractivity contribution in [1.82, 2.24) is 4.72 Å². The van der Waals surface area contributed by atoms with Gasteiger partial charge in [0.1, 0.15) is 0 Å². The summed E-state index contributed by atoms with van der Waals surface area (Å²) in [5.74, 6) is 0. The molecule has 5 heteroatoms. The van der Waals surface area contributed by atoms with Gasteiger partial charge in [0.15, 0.2) is 0 Å². The van der Waals surface area contributed by atoms with Crippen LogP contribution in [-0.2, 0) is 10.4 Å². The fraction of sp³-hybridized carbons (Fsp3) is 0.333. The van der Waals surface area contributed by atoms with Crippen LogP contribution >= 0.6 is 0 Å². The average Bonchev–Trinajstić information content (AvgIpc) is 1.59. The van der Waals surface area contributed by atoms with Gasteiger partial charge in [-0.1, -0.05) is 9.96 Å². The molecule has 0 atom stereocenters. The predicted molar refractivity (Wildman–Crippen MR) is 28.2 cm³/mol. The molecule has 1 N–H and O–H groups in total. The molecular formula is C3H6FNO2S. The highest BCUT2D eigenvalue weighted by molar-refractivity contribution is 7.84. The van der Waals surface area contributed by atoms with Crippen LogP contribution in [0.3, 0.4) is 0 Å². The molecule has 0 aliphatic rings. The SMILES string of the molecule is C=CCNS(=O)(=O)F. The molecule has 0 rings (SSSR count). The fourth-order valence-electron chi connectivity index (χ4n) is 0.158. The van der Waals surface area contributed by atoms with Crippen LogP contribution in [0.2, 0.25) is 0 Å². The maximum absolute atomic E-state index is 11.4. The first-order valence-electron chi connectivity index (χ1n) is 1.86. The van der Waals surface area contributed by atoms with E-state index in [0.29, 0.717) is 0 Å². The number of hydrogen-bond donors (Lipinski definition) is 1. The highest BCUT2D eigenvalue weighted by atomic mass is 32.3. The molecule has 48 valence electrons. The number of hydrogen-bond acceptors (Lipinski definition) is 2. The first-order valence-corrected chi connectivity index (χ1v) is 3.25. The lowest BCUT2D eigenvalue weighted by molar-refractivity contribution is 0.539. The molecular weight excluding hydrogens is 133 g/mol. The molecule has 0 aromatic carbocycles. The van der Waals surface area contributed by atoms with E-state index < -0.39 is 10.4 Å². The lowest BCUT2D eigenvalue weighted by Crippen LogP contribution is -2.18. The lowest BCUT2D eigenvalue weighted by Gasteiger charge is -1.88. The molecule has 0 amide bonds. The van der Waals surface area contributed by atoms with Crippen molar-refractivity contribution in [1.29, 1.82) is 0 Å². The Morgan fingerprint density at radius 1 is 1.75 bits per heavy atom. The molecule has 0 aliphatic heterocycles. The van der Waals surface area contributed by atoms with Crippen LogP contribution in [0.4, 0.5) is 3.89 Å². The van der Waals surface area contributed by atoms with E-state index in [1.807, 2.05) is 0 Å². The molecule has 0 aliphatic carbocycles. The van der Waals surface area contributed by atoms with Gasteiger partial charge in [0.2, 0.25) is 0 Å². The maximum Gasteiger partial charge on any atom is 0.372 e. The minimum absolute atomic E-state index is 0.0706. The molecule has 0 unspecified atom stereocenters. The third-order valence-electron chi connectivity index (χ3n) is 0.400. The van der Waals surface area contributed by atoms with Crippen molar-refractivity contribution in [3.05, 3.63) is 12.7 Å². The van der Waals surface area contributed by atoms with Crippen LogP contribution in [-0.4, -0.2) is 15.0 Å². The lowest BCUT2D eigenvalue weighted by atomic mass is 10.7. The van der Waals surface area contributed by atoms with E-state index in [9.17, 15) is 12.3 Å². The third-order valence-corrected chi connectivity index (χ3v) is 0.912. The Bertz CT molecular complexity index is 162. The molecule has 0 spiro atoms. The zero-order valence-electron chi connectivity index (χ0n) is 4.09. The van der Waals surface area contributed by atoms with Crippen LogP contribution in [0.25, 0.3) is 0 Å². The van der Waals surface area contributed by atoms with E-state index in [2.05, 4.69) is 6.58 Å². The minimum Gasteiger partial charge on any atom is -0.184 e. The zero-order valence-corrected chi connectivity index (χ0v) is 4.91. The normalized spacial score (nSPS) is 11.1. The van der Waals surface area contributed by atoms with Crippen molar-refractivity contribution >= 4 is 10.4 Å². The molecule has 0 saturated heterocycles. The number of rotatable bonds is 3. The van der Waals surface area contributed by atoms with Crippen molar-refractivity contribution < 1.29 is 12.3 Å². The summed E-state index contributed by atoms with van der Waals surface area (Å²) in [5.41, 5.74) is 0. The average molecular weight is 139 g/mol. The Balaban J connectivity index is 3.57. The molecule has 0 heterocycles. The van der Waals surface area contributed by atoms with Gasteiger partial charge in [0, 0.05) is 6.54 Å². The smallest absolute Gasteiger partial charge is 0.184 e. The van der Waals surface area contributed by atoms with Crippen molar-refractivity contribution in [2.75, 3.05) is 6.54 Å². The van der Waals surface area contributed by atoms with Crippen LogP contribution in [0, 0.1) is 0 Å². The number of nitrogens with one attached hydrogen (secondary N) is 1. The van der Waals surface area contributed by atoms with Crippen molar-refractivity contribution in [2.45, 2.75) is 0 Å². The molecule has 0 aromatic rings. The summed E-state index contributed by atoms with van der Waals surface area (Å²) in [5, 5.41) is 0. The standard InChI is InChI=1S/C3H6FNO2S/c1-2-3-5-8(4,6)7/h2,5H,1,3H2. The van der Waals surface area contributed by atoms with Gasteiger partial charge in [-0.3, -0.25) is 0 Å². The van der Waals surface area contributed by atoms with Gasteiger partial charge in [0.25, 0.3) is 0 Å². The Morgan fingerprint density at radius 2 is 2.25 bits per heavy atom. The topological polar surface area (TPSA) is 46.2 Å². The Hall–Kier alpha value is -0.420. The molecule has 0 fully saturated rings.